The lowest BCUT2D eigenvalue weighted by Crippen LogP contribution is -2.09. The van der Waals surface area contributed by atoms with E-state index in [1.807, 2.05) is 34.9 Å². The number of hydrogen-bond donors (Lipinski definition) is 0. The molecular weight excluding hydrogens is 212 g/mol. The van der Waals surface area contributed by atoms with Gasteiger partial charge in [0.2, 0.25) is 0 Å². The fourth-order valence-corrected chi connectivity index (χ4v) is 1.68. The third-order valence-electron chi connectivity index (χ3n) is 2.61. The van der Waals surface area contributed by atoms with E-state index in [-0.39, 0.29) is 11.3 Å². The topological polar surface area (TPSA) is 45.8 Å². The minimum atomic E-state index is -0.196. The monoisotopic (exact) mass is 224 g/mol. The van der Waals surface area contributed by atoms with E-state index < -0.39 is 0 Å². The van der Waals surface area contributed by atoms with Gasteiger partial charge >= 0.3 is 0 Å². The molecule has 0 saturated carbocycles. The van der Waals surface area contributed by atoms with Crippen LogP contribution in [-0.4, -0.2) is 4.57 Å². The second-order valence-electron chi connectivity index (χ2n) is 3.82. The van der Waals surface area contributed by atoms with Crippen molar-refractivity contribution in [1.82, 2.24) is 4.57 Å². The van der Waals surface area contributed by atoms with Gasteiger partial charge in [-0.25, -0.2) is 0 Å². The average Bonchev–Trinajstić information content (AvgIpc) is 2.39. The number of nitriles is 1. The zero-order valence-electron chi connectivity index (χ0n) is 9.28. The van der Waals surface area contributed by atoms with Gasteiger partial charge in [0.25, 0.3) is 0 Å². The van der Waals surface area contributed by atoms with Crippen molar-refractivity contribution >= 4 is 0 Å². The summed E-state index contributed by atoms with van der Waals surface area (Å²) < 4.78 is 1.85. The molecule has 0 radical (unpaired) electrons. The van der Waals surface area contributed by atoms with Gasteiger partial charge in [-0.1, -0.05) is 30.3 Å². The molecule has 1 atom stereocenters. The fraction of sp³-hybridized carbons (Fsp3) is 0.143. The van der Waals surface area contributed by atoms with E-state index in [9.17, 15) is 10.1 Å². The molecule has 0 fully saturated rings. The van der Waals surface area contributed by atoms with E-state index in [4.69, 9.17) is 0 Å². The predicted octanol–water partition coefficient (Wildman–Crippen LogP) is 2.16. The molecule has 2 rings (SSSR count). The van der Waals surface area contributed by atoms with Gasteiger partial charge in [-0.05, 0) is 5.56 Å². The first-order chi connectivity index (χ1) is 8.29. The molecule has 0 bridgehead atoms. The lowest BCUT2D eigenvalue weighted by molar-refractivity contribution is 0.641. The van der Waals surface area contributed by atoms with E-state index in [2.05, 4.69) is 6.07 Å². The highest BCUT2D eigenvalue weighted by atomic mass is 16.1. The average molecular weight is 224 g/mol. The van der Waals surface area contributed by atoms with Crippen molar-refractivity contribution in [2.75, 3.05) is 0 Å². The molecule has 0 aliphatic rings. The highest BCUT2D eigenvalue weighted by Crippen LogP contribution is 2.16. The van der Waals surface area contributed by atoms with Crippen LogP contribution in [0.15, 0.2) is 59.7 Å². The first-order valence-corrected chi connectivity index (χ1v) is 5.40. The SMILES string of the molecule is N#CC(Cn1ccc(=O)cc1)c1ccccc1. The Morgan fingerprint density at radius 2 is 1.76 bits per heavy atom. The van der Waals surface area contributed by atoms with Crippen molar-refractivity contribution in [2.24, 2.45) is 0 Å². The molecule has 3 nitrogen and oxygen atoms in total. The predicted molar refractivity (Wildman–Crippen MR) is 65.5 cm³/mol. The molecule has 0 saturated heterocycles. The van der Waals surface area contributed by atoms with Gasteiger partial charge in [-0.2, -0.15) is 5.26 Å². The van der Waals surface area contributed by atoms with Gasteiger partial charge in [0, 0.05) is 31.1 Å². The van der Waals surface area contributed by atoms with Crippen molar-refractivity contribution in [3.63, 3.8) is 0 Å². The highest BCUT2D eigenvalue weighted by Gasteiger charge is 2.09. The largest absolute Gasteiger partial charge is 0.352 e. The first kappa shape index (κ1) is 11.2. The molecule has 1 aromatic carbocycles. The quantitative estimate of drug-likeness (QED) is 0.802. The molecule has 0 aliphatic heterocycles. The van der Waals surface area contributed by atoms with Gasteiger partial charge < -0.3 is 4.57 Å². The van der Waals surface area contributed by atoms with Gasteiger partial charge in [-0.15, -0.1) is 0 Å². The lowest BCUT2D eigenvalue weighted by atomic mass is 10.0. The molecule has 84 valence electrons. The van der Waals surface area contributed by atoms with Crippen LogP contribution in [0.3, 0.4) is 0 Å². The number of hydrogen-bond acceptors (Lipinski definition) is 2. The van der Waals surface area contributed by atoms with Crippen LogP contribution < -0.4 is 5.43 Å². The van der Waals surface area contributed by atoms with Crippen molar-refractivity contribution in [3.05, 3.63) is 70.6 Å². The minimum Gasteiger partial charge on any atom is -0.352 e. The molecule has 1 unspecified atom stereocenters. The van der Waals surface area contributed by atoms with E-state index in [0.29, 0.717) is 6.54 Å². The molecule has 0 aliphatic carbocycles. The summed E-state index contributed by atoms with van der Waals surface area (Å²) in [7, 11) is 0. The van der Waals surface area contributed by atoms with Crippen molar-refractivity contribution in [3.8, 4) is 6.07 Å². The number of nitrogens with zero attached hydrogens (tertiary/aromatic N) is 2. The minimum absolute atomic E-state index is 0.0190. The third-order valence-corrected chi connectivity index (χ3v) is 2.61. The van der Waals surface area contributed by atoms with E-state index in [0.717, 1.165) is 5.56 Å². The number of benzene rings is 1. The van der Waals surface area contributed by atoms with Gasteiger partial charge in [0.15, 0.2) is 5.43 Å². The smallest absolute Gasteiger partial charge is 0.181 e. The summed E-state index contributed by atoms with van der Waals surface area (Å²) in [5.41, 5.74) is 0.975. The summed E-state index contributed by atoms with van der Waals surface area (Å²) >= 11 is 0. The Kier molecular flexibility index (Phi) is 3.37. The highest BCUT2D eigenvalue weighted by molar-refractivity contribution is 5.24. The fourth-order valence-electron chi connectivity index (χ4n) is 1.68. The Labute approximate surface area is 99.6 Å². The van der Waals surface area contributed by atoms with Crippen LogP contribution in [0.25, 0.3) is 0 Å². The molecule has 0 amide bonds. The Morgan fingerprint density at radius 3 is 2.35 bits per heavy atom. The number of rotatable bonds is 3. The molecule has 1 heterocycles. The third kappa shape index (κ3) is 2.82. The lowest BCUT2D eigenvalue weighted by Gasteiger charge is -2.11. The second kappa shape index (κ2) is 5.13. The van der Waals surface area contributed by atoms with E-state index >= 15 is 0 Å². The zero-order chi connectivity index (χ0) is 12.1. The second-order valence-corrected chi connectivity index (χ2v) is 3.82. The first-order valence-electron chi connectivity index (χ1n) is 5.40. The Bertz CT molecular complexity index is 561. The van der Waals surface area contributed by atoms with Crippen molar-refractivity contribution in [1.29, 1.82) is 5.26 Å². The molecule has 17 heavy (non-hydrogen) atoms. The standard InChI is InChI=1S/C14H12N2O/c15-10-13(12-4-2-1-3-5-12)11-16-8-6-14(17)7-9-16/h1-9,13H,11H2. The van der Waals surface area contributed by atoms with Crippen LogP contribution in [0, 0.1) is 11.3 Å². The van der Waals surface area contributed by atoms with Crippen LogP contribution in [0.4, 0.5) is 0 Å². The van der Waals surface area contributed by atoms with Crippen LogP contribution in [0.1, 0.15) is 11.5 Å². The van der Waals surface area contributed by atoms with Gasteiger partial charge in [-0.3, -0.25) is 4.79 Å². The number of aromatic nitrogens is 1. The Morgan fingerprint density at radius 1 is 1.12 bits per heavy atom. The molecule has 3 heteroatoms. The Balaban J connectivity index is 2.19. The summed E-state index contributed by atoms with van der Waals surface area (Å²) in [6.07, 6.45) is 3.41. The number of pyridine rings is 1. The maximum atomic E-state index is 11.0. The van der Waals surface area contributed by atoms with Gasteiger partial charge in [0.05, 0.1) is 12.0 Å². The molecule has 0 spiro atoms. The van der Waals surface area contributed by atoms with Crippen LogP contribution in [0.5, 0.6) is 0 Å². The van der Waals surface area contributed by atoms with Crippen LogP contribution in [-0.2, 0) is 6.54 Å². The van der Waals surface area contributed by atoms with E-state index in [1.165, 1.54) is 12.1 Å². The van der Waals surface area contributed by atoms with E-state index in [1.54, 1.807) is 12.4 Å². The van der Waals surface area contributed by atoms with Crippen LogP contribution >= 0.6 is 0 Å². The van der Waals surface area contributed by atoms with Crippen LogP contribution in [0.2, 0.25) is 0 Å². The molecule has 2 aromatic rings. The van der Waals surface area contributed by atoms with Crippen molar-refractivity contribution < 1.29 is 0 Å². The molecule has 0 N–H and O–H groups in total. The summed E-state index contributed by atoms with van der Waals surface area (Å²) in [5, 5.41) is 9.17. The Hall–Kier alpha value is -2.34. The summed E-state index contributed by atoms with van der Waals surface area (Å²) in [4.78, 5) is 11.0. The van der Waals surface area contributed by atoms with Crippen molar-refractivity contribution in [2.45, 2.75) is 12.5 Å². The molecular formula is C14H12N2O. The summed E-state index contributed by atoms with van der Waals surface area (Å²) in [5.74, 6) is -0.196. The maximum absolute atomic E-state index is 11.0. The summed E-state index contributed by atoms with van der Waals surface area (Å²) in [6, 6.07) is 14.9. The van der Waals surface area contributed by atoms with Gasteiger partial charge in [0.1, 0.15) is 0 Å². The normalized spacial score (nSPS) is 11.7. The summed E-state index contributed by atoms with van der Waals surface area (Å²) in [6.45, 7) is 0.556. The maximum Gasteiger partial charge on any atom is 0.181 e. The zero-order valence-corrected chi connectivity index (χ0v) is 9.28. The molecule has 1 aromatic heterocycles.